The topological polar surface area (TPSA) is 98.8 Å². The zero-order valence-electron chi connectivity index (χ0n) is 22.7. The van der Waals surface area contributed by atoms with E-state index in [0.717, 1.165) is 31.5 Å². The van der Waals surface area contributed by atoms with Crippen LogP contribution in [0, 0.1) is 17.8 Å². The number of nitrogens with one attached hydrogen (secondary N) is 2. The Morgan fingerprint density at radius 3 is 2.40 bits per heavy atom. The van der Waals surface area contributed by atoms with Gasteiger partial charge in [0.25, 0.3) is 0 Å². The molecular weight excluding hydrogens is 524 g/mol. The quantitative estimate of drug-likeness (QED) is 0.262. The molecule has 1 atom stereocenters. The van der Waals surface area contributed by atoms with Gasteiger partial charge in [-0.1, -0.05) is 72.5 Å². The van der Waals surface area contributed by atoms with Crippen molar-refractivity contribution in [3.63, 3.8) is 0 Å². The van der Waals surface area contributed by atoms with E-state index < -0.39 is 16.8 Å². The number of nitrogens with zero attached hydrogens (tertiary/aromatic N) is 2. The van der Waals surface area contributed by atoms with Gasteiger partial charge in [0.15, 0.2) is 0 Å². The highest BCUT2D eigenvalue weighted by atomic mass is 32.2. The molecule has 0 spiro atoms. The number of hydrogen-bond acceptors (Lipinski definition) is 5. The number of thiol groups is 1. The summed E-state index contributed by atoms with van der Waals surface area (Å²) in [4.78, 5) is 26.9. The molecule has 9 heteroatoms. The Bertz CT molecular complexity index is 1430. The van der Waals surface area contributed by atoms with E-state index >= 15 is 0 Å². The predicted octanol–water partition coefficient (Wildman–Crippen LogP) is 2.73. The fourth-order valence-corrected chi connectivity index (χ4v) is 5.70. The molecule has 8 nitrogen and oxygen atoms in total. The van der Waals surface area contributed by atoms with Crippen molar-refractivity contribution >= 4 is 33.5 Å². The maximum absolute atomic E-state index is 12.4. The minimum atomic E-state index is -2.92. The lowest BCUT2D eigenvalue weighted by atomic mass is 9.93. The highest BCUT2D eigenvalue weighted by molar-refractivity contribution is 7.69. The number of carbonyl (C=O) groups excluding carboxylic acids is 2. The van der Waals surface area contributed by atoms with Crippen LogP contribution in [0.5, 0.6) is 0 Å². The van der Waals surface area contributed by atoms with E-state index in [-0.39, 0.29) is 37.5 Å². The van der Waals surface area contributed by atoms with Crippen LogP contribution in [0.1, 0.15) is 36.9 Å². The smallest absolute Gasteiger partial charge is 0.240 e. The average Bonchev–Trinajstić information content (AvgIpc) is 2.98. The molecule has 1 fully saturated rings. The zero-order chi connectivity index (χ0) is 28.3. The Kier molecular flexibility index (Phi) is 10.7. The van der Waals surface area contributed by atoms with Gasteiger partial charge in [0.1, 0.15) is 0 Å². The number of amides is 2. The highest BCUT2D eigenvalue weighted by Gasteiger charge is 2.27. The van der Waals surface area contributed by atoms with Gasteiger partial charge in [-0.2, -0.15) is 4.31 Å². The third kappa shape index (κ3) is 8.39. The van der Waals surface area contributed by atoms with Gasteiger partial charge in [0.05, 0.1) is 19.6 Å². The fourth-order valence-electron chi connectivity index (χ4n) is 5.09. The minimum Gasteiger partial charge on any atom is -0.346 e. The van der Waals surface area contributed by atoms with Gasteiger partial charge in [-0.15, -0.1) is 0 Å². The molecule has 3 aromatic carbocycles. The Morgan fingerprint density at radius 1 is 0.950 bits per heavy atom. The van der Waals surface area contributed by atoms with Gasteiger partial charge in [-0.25, -0.2) is 8.42 Å². The Balaban J connectivity index is 1.20. The third-order valence-electron chi connectivity index (χ3n) is 7.32. The van der Waals surface area contributed by atoms with Crippen molar-refractivity contribution in [1.82, 2.24) is 19.8 Å². The molecule has 0 aromatic heterocycles. The van der Waals surface area contributed by atoms with Gasteiger partial charge in [-0.05, 0) is 67.2 Å². The van der Waals surface area contributed by atoms with E-state index in [1.165, 1.54) is 20.6 Å². The van der Waals surface area contributed by atoms with Crippen LogP contribution >= 0.6 is 0 Å². The molecule has 0 radical (unpaired) electrons. The van der Waals surface area contributed by atoms with Gasteiger partial charge < -0.3 is 10.6 Å². The van der Waals surface area contributed by atoms with Crippen molar-refractivity contribution in [3.05, 3.63) is 83.9 Å². The summed E-state index contributed by atoms with van der Waals surface area (Å²) in [5.41, 5.74) is 2.15. The summed E-state index contributed by atoms with van der Waals surface area (Å²) in [6, 6.07) is 24.5. The van der Waals surface area contributed by atoms with Crippen molar-refractivity contribution in [2.45, 2.75) is 25.8 Å². The van der Waals surface area contributed by atoms with Gasteiger partial charge >= 0.3 is 0 Å². The standard InChI is InChI=1S/C31H36N4O4S/c1-24(28-15-7-13-27-12-5-6-14-29(27)28)34-19-16-26(17-20-34)22-35(40(38)39)23-31(37)33-21-30(36)32-18-8-11-25-9-3-2-4-10-25/h2-7,9-10,12-15,24,26,40H,16-23H2,1H3,(H,32,36)(H,33,37). The summed E-state index contributed by atoms with van der Waals surface area (Å²) in [6.07, 6.45) is 1.70. The molecular formula is C31H36N4O4S. The molecule has 0 bridgehead atoms. The molecule has 1 unspecified atom stereocenters. The molecule has 0 saturated carbocycles. The van der Waals surface area contributed by atoms with Gasteiger partial charge in [0.2, 0.25) is 22.7 Å². The van der Waals surface area contributed by atoms with Gasteiger partial charge in [-0.3, -0.25) is 14.5 Å². The number of likely N-dealkylation sites (tertiary alicyclic amines) is 1. The summed E-state index contributed by atoms with van der Waals surface area (Å²) >= 11 is 0. The molecule has 1 heterocycles. The first-order valence-corrected chi connectivity index (χ1v) is 14.7. The first kappa shape index (κ1) is 29.3. The second-order valence-electron chi connectivity index (χ2n) is 10.0. The van der Waals surface area contributed by atoms with Crippen LogP contribution < -0.4 is 10.6 Å². The molecule has 1 aliphatic rings. The minimum absolute atomic E-state index is 0.153. The number of fused-ring (bicyclic) bond motifs is 1. The predicted molar refractivity (Wildman–Crippen MR) is 158 cm³/mol. The van der Waals surface area contributed by atoms with Crippen molar-refractivity contribution in [1.29, 1.82) is 0 Å². The van der Waals surface area contributed by atoms with E-state index in [0.29, 0.717) is 6.54 Å². The van der Waals surface area contributed by atoms with E-state index in [4.69, 9.17) is 0 Å². The van der Waals surface area contributed by atoms with E-state index in [1.54, 1.807) is 0 Å². The maximum Gasteiger partial charge on any atom is 0.240 e. The normalized spacial score (nSPS) is 15.0. The molecule has 1 aliphatic heterocycles. The number of rotatable bonds is 10. The molecule has 0 aliphatic carbocycles. The SMILES string of the molecule is CC(c1cccc2ccccc12)N1CCC(CN(CC(=O)NCC(=O)NCC#Cc2ccccc2)[SH](=O)=O)CC1. The van der Waals surface area contributed by atoms with E-state index in [9.17, 15) is 18.0 Å². The van der Waals surface area contributed by atoms with Crippen molar-refractivity contribution in [2.75, 3.05) is 39.3 Å². The summed E-state index contributed by atoms with van der Waals surface area (Å²) in [6.45, 7) is 3.85. The highest BCUT2D eigenvalue weighted by Crippen LogP contribution is 2.31. The molecule has 40 heavy (non-hydrogen) atoms. The molecule has 2 N–H and O–H groups in total. The van der Waals surface area contributed by atoms with Crippen LogP contribution in [0.25, 0.3) is 10.8 Å². The summed E-state index contributed by atoms with van der Waals surface area (Å²) < 4.78 is 25.0. The van der Waals surface area contributed by atoms with Crippen LogP contribution in [-0.4, -0.2) is 68.7 Å². The van der Waals surface area contributed by atoms with Crippen LogP contribution in [0.4, 0.5) is 0 Å². The van der Waals surface area contributed by atoms with E-state index in [2.05, 4.69) is 70.7 Å². The first-order valence-electron chi connectivity index (χ1n) is 13.6. The second-order valence-corrected chi connectivity index (χ2v) is 11.1. The third-order valence-corrected chi connectivity index (χ3v) is 8.09. The van der Waals surface area contributed by atoms with E-state index in [1.807, 2.05) is 36.4 Å². The molecule has 2 amide bonds. The zero-order valence-corrected chi connectivity index (χ0v) is 23.6. The molecule has 4 rings (SSSR count). The fraction of sp³-hybridized carbons (Fsp3) is 0.355. The maximum atomic E-state index is 12.4. The Labute approximate surface area is 237 Å². The Hall–Kier alpha value is -3.71. The molecule has 1 saturated heterocycles. The number of benzene rings is 3. The second kappa shape index (κ2) is 14.6. The number of hydrogen-bond donors (Lipinski definition) is 3. The average molecular weight is 561 g/mol. The number of carbonyl (C=O) groups is 2. The van der Waals surface area contributed by atoms with Crippen molar-refractivity contribution < 1.29 is 18.0 Å². The summed E-state index contributed by atoms with van der Waals surface area (Å²) in [7, 11) is -2.92. The monoisotopic (exact) mass is 560 g/mol. The molecule has 210 valence electrons. The molecule has 3 aromatic rings. The lowest BCUT2D eigenvalue weighted by Crippen LogP contribution is -2.44. The number of piperidine rings is 1. The lowest BCUT2D eigenvalue weighted by Gasteiger charge is -2.37. The summed E-state index contributed by atoms with van der Waals surface area (Å²) in [5, 5.41) is 7.61. The van der Waals surface area contributed by atoms with Crippen molar-refractivity contribution in [3.8, 4) is 11.8 Å². The van der Waals surface area contributed by atoms with Gasteiger partial charge in [0, 0.05) is 18.2 Å². The van der Waals surface area contributed by atoms with Crippen LogP contribution in [-0.2, 0) is 20.5 Å². The summed E-state index contributed by atoms with van der Waals surface area (Å²) in [5.74, 6) is 5.06. The Morgan fingerprint density at radius 2 is 1.65 bits per heavy atom. The lowest BCUT2D eigenvalue weighted by molar-refractivity contribution is -0.126. The van der Waals surface area contributed by atoms with Crippen LogP contribution in [0.2, 0.25) is 0 Å². The largest absolute Gasteiger partial charge is 0.346 e. The van der Waals surface area contributed by atoms with Crippen LogP contribution in [0.3, 0.4) is 0 Å². The van der Waals surface area contributed by atoms with Crippen LogP contribution in [0.15, 0.2) is 72.8 Å². The first-order chi connectivity index (χ1) is 19.4. The van der Waals surface area contributed by atoms with Crippen molar-refractivity contribution in [2.24, 2.45) is 5.92 Å².